The summed E-state index contributed by atoms with van der Waals surface area (Å²) in [6.07, 6.45) is 3.66. The van der Waals surface area contributed by atoms with Gasteiger partial charge in [0.2, 0.25) is 5.91 Å². The topological polar surface area (TPSA) is 64.0 Å². The Bertz CT molecular complexity index is 1130. The zero-order chi connectivity index (χ0) is 20.4. The van der Waals surface area contributed by atoms with Crippen molar-refractivity contribution in [2.24, 2.45) is 0 Å². The normalized spacial score (nSPS) is 14.5. The van der Waals surface area contributed by atoms with Crippen molar-refractivity contribution < 1.29 is 4.79 Å². The van der Waals surface area contributed by atoms with E-state index in [1.54, 1.807) is 28.8 Å². The molecule has 0 aliphatic heterocycles. The molecule has 1 N–H and O–H groups in total. The molecule has 3 aromatic rings. The van der Waals surface area contributed by atoms with Crippen molar-refractivity contribution in [3.63, 3.8) is 0 Å². The van der Waals surface area contributed by atoms with E-state index in [-0.39, 0.29) is 17.5 Å². The Kier molecular flexibility index (Phi) is 5.74. The van der Waals surface area contributed by atoms with E-state index in [1.165, 1.54) is 11.8 Å². The molecule has 0 saturated heterocycles. The second-order valence-electron chi connectivity index (χ2n) is 6.95. The van der Waals surface area contributed by atoms with Gasteiger partial charge in [0.15, 0.2) is 5.16 Å². The summed E-state index contributed by atoms with van der Waals surface area (Å²) in [5.74, 6) is -0.0747. The van der Waals surface area contributed by atoms with Gasteiger partial charge in [-0.3, -0.25) is 14.2 Å². The van der Waals surface area contributed by atoms with Crippen LogP contribution in [0.15, 0.2) is 71.1 Å². The summed E-state index contributed by atoms with van der Waals surface area (Å²) in [5, 5.41) is 4.01. The van der Waals surface area contributed by atoms with Crippen LogP contribution in [0.4, 0.5) is 0 Å². The molecule has 1 unspecified atom stereocenters. The highest BCUT2D eigenvalue weighted by Crippen LogP contribution is 2.36. The molecule has 1 amide bonds. The van der Waals surface area contributed by atoms with Gasteiger partial charge in [0.1, 0.15) is 5.25 Å². The van der Waals surface area contributed by atoms with E-state index in [4.69, 9.17) is 11.6 Å². The highest BCUT2D eigenvalue weighted by Gasteiger charge is 2.30. The number of halogens is 1. The molecule has 2 aromatic carbocycles. The van der Waals surface area contributed by atoms with Crippen LogP contribution in [0.5, 0.6) is 0 Å². The first kappa shape index (κ1) is 19.7. The predicted octanol–water partition coefficient (Wildman–Crippen LogP) is 4.35. The number of thioether (sulfide) groups is 1. The van der Waals surface area contributed by atoms with Crippen LogP contribution in [0.2, 0.25) is 5.02 Å². The molecule has 1 aliphatic rings. The third-order valence-corrected chi connectivity index (χ3v) is 6.16. The van der Waals surface area contributed by atoms with E-state index >= 15 is 0 Å². The third kappa shape index (κ3) is 4.38. The van der Waals surface area contributed by atoms with Crippen LogP contribution in [-0.2, 0) is 11.3 Å². The number of allylic oxidation sites excluding steroid dienone is 1. The minimum Gasteiger partial charge on any atom is -0.352 e. The Morgan fingerprint density at radius 3 is 2.76 bits per heavy atom. The maximum Gasteiger partial charge on any atom is 0.262 e. The molecule has 1 saturated carbocycles. The van der Waals surface area contributed by atoms with E-state index in [1.807, 2.05) is 30.3 Å². The van der Waals surface area contributed by atoms with Crippen LogP contribution in [0.25, 0.3) is 10.9 Å². The van der Waals surface area contributed by atoms with Gasteiger partial charge in [-0.15, -0.1) is 6.58 Å². The quantitative estimate of drug-likeness (QED) is 0.347. The zero-order valence-corrected chi connectivity index (χ0v) is 17.2. The predicted molar refractivity (Wildman–Crippen MR) is 117 cm³/mol. The van der Waals surface area contributed by atoms with Crippen LogP contribution in [0.3, 0.4) is 0 Å². The van der Waals surface area contributed by atoms with E-state index in [0.717, 1.165) is 18.4 Å². The summed E-state index contributed by atoms with van der Waals surface area (Å²) in [7, 11) is 0. The minimum absolute atomic E-state index is 0.0747. The van der Waals surface area contributed by atoms with Crippen molar-refractivity contribution >= 4 is 40.2 Å². The molecular formula is C22H20ClN3O2S. The lowest BCUT2D eigenvalue weighted by atomic mass is 10.1. The Morgan fingerprint density at radius 1 is 1.31 bits per heavy atom. The fourth-order valence-electron chi connectivity index (χ4n) is 3.06. The lowest BCUT2D eigenvalue weighted by Crippen LogP contribution is -2.30. The third-order valence-electron chi connectivity index (χ3n) is 4.68. The number of rotatable bonds is 7. The van der Waals surface area contributed by atoms with Gasteiger partial charge in [0.25, 0.3) is 5.56 Å². The maximum atomic E-state index is 13.0. The smallest absolute Gasteiger partial charge is 0.262 e. The molecule has 0 bridgehead atoms. The second-order valence-corrected chi connectivity index (χ2v) is 8.46. The van der Waals surface area contributed by atoms with Crippen LogP contribution in [-0.4, -0.2) is 21.5 Å². The van der Waals surface area contributed by atoms with Crippen molar-refractivity contribution in [3.05, 3.63) is 82.1 Å². The Balaban J connectivity index is 1.79. The number of carbonyl (C=O) groups is 1. The summed E-state index contributed by atoms with van der Waals surface area (Å²) in [6.45, 7) is 4.06. The highest BCUT2D eigenvalue weighted by atomic mass is 35.5. The van der Waals surface area contributed by atoms with Crippen molar-refractivity contribution in [2.45, 2.75) is 35.8 Å². The molecule has 148 valence electrons. The first-order chi connectivity index (χ1) is 14.1. The first-order valence-electron chi connectivity index (χ1n) is 9.40. The molecule has 7 heteroatoms. The van der Waals surface area contributed by atoms with Gasteiger partial charge in [-0.1, -0.05) is 59.8 Å². The molecule has 5 nitrogen and oxygen atoms in total. The van der Waals surface area contributed by atoms with Gasteiger partial charge in [0.05, 0.1) is 10.9 Å². The molecule has 1 atom stereocenters. The van der Waals surface area contributed by atoms with Crippen molar-refractivity contribution in [2.75, 3.05) is 0 Å². The fourth-order valence-corrected chi connectivity index (χ4v) is 4.35. The number of nitrogens with one attached hydrogen (secondary N) is 1. The van der Waals surface area contributed by atoms with Gasteiger partial charge in [0, 0.05) is 17.6 Å². The highest BCUT2D eigenvalue weighted by molar-refractivity contribution is 8.00. The summed E-state index contributed by atoms with van der Waals surface area (Å²) in [6, 6.07) is 14.8. The largest absolute Gasteiger partial charge is 0.352 e. The van der Waals surface area contributed by atoms with Crippen molar-refractivity contribution in [1.29, 1.82) is 0 Å². The fraction of sp³-hybridized carbons (Fsp3) is 0.227. The Labute approximate surface area is 177 Å². The van der Waals surface area contributed by atoms with Gasteiger partial charge >= 0.3 is 0 Å². The van der Waals surface area contributed by atoms with Gasteiger partial charge in [-0.2, -0.15) is 0 Å². The summed E-state index contributed by atoms with van der Waals surface area (Å²) in [5.41, 5.74) is 1.20. The number of carbonyl (C=O) groups excluding carboxylic acids is 1. The van der Waals surface area contributed by atoms with E-state index < -0.39 is 5.25 Å². The second kappa shape index (κ2) is 8.43. The molecule has 0 radical (unpaired) electrons. The molecule has 1 fully saturated rings. The van der Waals surface area contributed by atoms with E-state index in [2.05, 4.69) is 16.9 Å². The van der Waals surface area contributed by atoms with Crippen molar-refractivity contribution in [1.82, 2.24) is 14.9 Å². The molecule has 1 aliphatic carbocycles. The summed E-state index contributed by atoms with van der Waals surface area (Å²) in [4.78, 5) is 30.7. The van der Waals surface area contributed by atoms with Gasteiger partial charge in [-0.05, 0) is 36.6 Å². The number of nitrogens with zero attached hydrogens (tertiary/aromatic N) is 2. The number of amides is 1. The summed E-state index contributed by atoms with van der Waals surface area (Å²) >= 11 is 7.37. The lowest BCUT2D eigenvalue weighted by Gasteiger charge is -2.19. The van der Waals surface area contributed by atoms with Crippen LogP contribution in [0, 0.1) is 0 Å². The van der Waals surface area contributed by atoms with Crippen LogP contribution in [0.1, 0.15) is 23.7 Å². The molecule has 1 heterocycles. The van der Waals surface area contributed by atoms with E-state index in [9.17, 15) is 9.59 Å². The average molecular weight is 426 g/mol. The standard InChI is InChI=1S/C22H20ClN3O2S/c1-2-12-26-21(28)17-11-8-15(23)13-18(17)25-22(26)29-19(14-6-4-3-5-7-14)20(27)24-16-9-10-16/h2-8,11,13,16,19H,1,9-10,12H2,(H,24,27). The molecule has 0 spiro atoms. The minimum atomic E-state index is -0.517. The van der Waals surface area contributed by atoms with Gasteiger partial charge in [-0.25, -0.2) is 4.98 Å². The van der Waals surface area contributed by atoms with E-state index in [0.29, 0.717) is 27.6 Å². The number of fused-ring (bicyclic) bond motifs is 1. The number of hydrogen-bond donors (Lipinski definition) is 1. The first-order valence-corrected chi connectivity index (χ1v) is 10.7. The van der Waals surface area contributed by atoms with Crippen molar-refractivity contribution in [3.8, 4) is 0 Å². The molecule has 1 aromatic heterocycles. The number of hydrogen-bond acceptors (Lipinski definition) is 4. The molecular weight excluding hydrogens is 406 g/mol. The number of benzene rings is 2. The monoisotopic (exact) mass is 425 g/mol. The summed E-state index contributed by atoms with van der Waals surface area (Å²) < 4.78 is 1.55. The molecule has 4 rings (SSSR count). The van der Waals surface area contributed by atoms with Crippen LogP contribution < -0.4 is 10.9 Å². The maximum absolute atomic E-state index is 13.0. The Hall–Kier alpha value is -2.57. The zero-order valence-electron chi connectivity index (χ0n) is 15.7. The lowest BCUT2D eigenvalue weighted by molar-refractivity contribution is -0.120. The average Bonchev–Trinajstić information content (AvgIpc) is 3.53. The Morgan fingerprint density at radius 2 is 2.07 bits per heavy atom. The molecule has 29 heavy (non-hydrogen) atoms. The van der Waals surface area contributed by atoms with Crippen LogP contribution >= 0.6 is 23.4 Å². The van der Waals surface area contributed by atoms with Gasteiger partial charge < -0.3 is 5.32 Å². The SMILES string of the molecule is C=CCn1c(SC(C(=O)NC2CC2)c2ccccc2)nc2cc(Cl)ccc2c1=O. The number of aromatic nitrogens is 2.